The molecule has 4 amide bonds. The quantitative estimate of drug-likeness (QED) is 0.0834. The van der Waals surface area contributed by atoms with Crippen LogP contribution < -0.4 is 30.7 Å². The average Bonchev–Trinajstić information content (AvgIpc) is 3.16. The van der Waals surface area contributed by atoms with Crippen molar-refractivity contribution in [2.45, 2.75) is 25.7 Å². The molecule has 10 nitrogen and oxygen atoms in total. The topological polar surface area (TPSA) is 135 Å². The lowest BCUT2D eigenvalue weighted by Gasteiger charge is -2.12. The van der Waals surface area contributed by atoms with Gasteiger partial charge in [0, 0.05) is 24.2 Å². The van der Waals surface area contributed by atoms with Crippen molar-refractivity contribution in [1.82, 2.24) is 21.3 Å². The first-order chi connectivity index (χ1) is 24.4. The van der Waals surface area contributed by atoms with Crippen molar-refractivity contribution in [3.05, 3.63) is 143 Å². The zero-order chi connectivity index (χ0) is 35.6. The lowest BCUT2D eigenvalue weighted by molar-refractivity contribution is -0.118. The van der Waals surface area contributed by atoms with Gasteiger partial charge in [-0.2, -0.15) is 0 Å². The van der Waals surface area contributed by atoms with E-state index in [1.807, 2.05) is 12.1 Å². The number of nitrogens with one attached hydrogen (secondary N) is 4. The zero-order valence-corrected chi connectivity index (χ0v) is 28.2. The van der Waals surface area contributed by atoms with Gasteiger partial charge in [-0.25, -0.2) is 0 Å². The zero-order valence-electron chi connectivity index (χ0n) is 28.2. The summed E-state index contributed by atoms with van der Waals surface area (Å²) >= 11 is 0. The predicted octanol–water partition coefficient (Wildman–Crippen LogP) is 5.74. The van der Waals surface area contributed by atoms with Crippen LogP contribution in [0.2, 0.25) is 0 Å². The number of benzene rings is 4. The summed E-state index contributed by atoms with van der Waals surface area (Å²) in [5, 5.41) is 11.3. The Labute approximate surface area is 292 Å². The molecule has 0 radical (unpaired) electrons. The van der Waals surface area contributed by atoms with Crippen LogP contribution >= 0.6 is 0 Å². The van der Waals surface area contributed by atoms with Gasteiger partial charge in [0.25, 0.3) is 23.6 Å². The maximum atomic E-state index is 13.1. The van der Waals surface area contributed by atoms with E-state index >= 15 is 0 Å². The molecule has 0 unspecified atom stereocenters. The molecule has 0 saturated carbocycles. The number of rotatable bonds is 17. The second-order valence-electron chi connectivity index (χ2n) is 11.2. The maximum Gasteiger partial charge on any atom is 0.267 e. The standard InChI is InChI=1S/C40H42N4O6/c1-49-33-21-17-29(18-22-33)27-35(43-37(45)31-13-7-5-8-14-31)39(47)41-25-11-3-4-12-26-42-40(48)36(28-30-19-23-34(50-2)24-20-30)44-38(46)32-15-9-6-10-16-32/h5-10,13-24,27-28H,3-4,11-12,25-26H2,1-2H3,(H,41,47)(H,42,48)(H,43,45)(H,44,46)/b35-27+,36-28+. The average molecular weight is 675 g/mol. The van der Waals surface area contributed by atoms with Gasteiger partial charge in [-0.1, -0.05) is 73.5 Å². The third kappa shape index (κ3) is 11.8. The first-order valence-electron chi connectivity index (χ1n) is 16.4. The monoisotopic (exact) mass is 674 g/mol. The predicted molar refractivity (Wildman–Crippen MR) is 194 cm³/mol. The number of ether oxygens (including phenoxy) is 2. The van der Waals surface area contributed by atoms with Crippen molar-refractivity contribution >= 4 is 35.8 Å². The summed E-state index contributed by atoms with van der Waals surface area (Å²) < 4.78 is 10.4. The fourth-order valence-electron chi connectivity index (χ4n) is 4.82. The normalized spacial score (nSPS) is 11.2. The van der Waals surface area contributed by atoms with Crippen LogP contribution in [0.15, 0.2) is 121 Å². The molecule has 50 heavy (non-hydrogen) atoms. The molecule has 0 bridgehead atoms. The van der Waals surface area contributed by atoms with Crippen LogP contribution in [0.4, 0.5) is 0 Å². The first-order valence-corrected chi connectivity index (χ1v) is 16.4. The van der Waals surface area contributed by atoms with Crippen molar-refractivity contribution in [2.75, 3.05) is 27.3 Å². The van der Waals surface area contributed by atoms with Gasteiger partial charge in [-0.3, -0.25) is 19.2 Å². The van der Waals surface area contributed by atoms with E-state index in [-0.39, 0.29) is 23.2 Å². The van der Waals surface area contributed by atoms with Gasteiger partial charge in [0.1, 0.15) is 22.9 Å². The van der Waals surface area contributed by atoms with Gasteiger partial charge in [0.15, 0.2) is 0 Å². The Morgan fingerprint density at radius 1 is 0.500 bits per heavy atom. The van der Waals surface area contributed by atoms with E-state index in [2.05, 4.69) is 21.3 Å². The lowest BCUT2D eigenvalue weighted by Crippen LogP contribution is -2.35. The number of hydrogen-bond donors (Lipinski definition) is 4. The van der Waals surface area contributed by atoms with Crippen molar-refractivity contribution in [2.24, 2.45) is 0 Å². The second-order valence-corrected chi connectivity index (χ2v) is 11.2. The highest BCUT2D eigenvalue weighted by Gasteiger charge is 2.16. The SMILES string of the molecule is COc1ccc(/C=C(/NC(=O)c2ccccc2)C(=O)NCCCCCCNC(=O)/C(=C\c2ccc(OC)cc2)NC(=O)c2ccccc2)cc1. The Morgan fingerprint density at radius 3 is 1.20 bits per heavy atom. The van der Waals surface area contributed by atoms with Crippen molar-refractivity contribution in [3.63, 3.8) is 0 Å². The van der Waals surface area contributed by atoms with Crippen LogP contribution in [-0.2, 0) is 9.59 Å². The van der Waals surface area contributed by atoms with Gasteiger partial charge in [-0.05, 0) is 84.7 Å². The molecule has 0 aliphatic heterocycles. The number of hydrogen-bond acceptors (Lipinski definition) is 6. The number of amides is 4. The van der Waals surface area contributed by atoms with Crippen molar-refractivity contribution < 1.29 is 28.7 Å². The largest absolute Gasteiger partial charge is 0.497 e. The van der Waals surface area contributed by atoms with Crippen LogP contribution in [-0.4, -0.2) is 50.9 Å². The van der Waals surface area contributed by atoms with E-state index in [4.69, 9.17) is 9.47 Å². The van der Waals surface area contributed by atoms with Crippen LogP contribution in [0.3, 0.4) is 0 Å². The second kappa shape index (κ2) is 19.6. The van der Waals surface area contributed by atoms with Crippen LogP contribution in [0.25, 0.3) is 12.2 Å². The van der Waals surface area contributed by atoms with E-state index in [0.29, 0.717) is 48.6 Å². The number of methoxy groups -OCH3 is 2. The molecule has 10 heteroatoms. The molecule has 0 spiro atoms. The molecule has 4 rings (SSSR count). The highest BCUT2D eigenvalue weighted by Crippen LogP contribution is 2.15. The Bertz CT molecular complexity index is 1640. The molecule has 0 aromatic heterocycles. The van der Waals surface area contributed by atoms with Gasteiger partial charge >= 0.3 is 0 Å². The van der Waals surface area contributed by atoms with Gasteiger partial charge in [-0.15, -0.1) is 0 Å². The van der Waals surface area contributed by atoms with E-state index < -0.39 is 11.8 Å². The minimum absolute atomic E-state index is 0.129. The summed E-state index contributed by atoms with van der Waals surface area (Å²) in [4.78, 5) is 51.9. The van der Waals surface area contributed by atoms with Crippen LogP contribution in [0.5, 0.6) is 11.5 Å². The molecule has 0 saturated heterocycles. The number of carbonyl (C=O) groups excluding carboxylic acids is 4. The molecule has 258 valence electrons. The molecule has 4 aromatic rings. The molecular weight excluding hydrogens is 632 g/mol. The van der Waals surface area contributed by atoms with Crippen LogP contribution in [0, 0.1) is 0 Å². The Kier molecular flexibility index (Phi) is 14.4. The van der Waals surface area contributed by atoms with Crippen molar-refractivity contribution in [1.29, 1.82) is 0 Å². The summed E-state index contributed by atoms with van der Waals surface area (Å²) in [6.07, 6.45) is 6.28. The molecule has 4 N–H and O–H groups in total. The van der Waals surface area contributed by atoms with Gasteiger partial charge < -0.3 is 30.7 Å². The molecule has 0 heterocycles. The van der Waals surface area contributed by atoms with Crippen LogP contribution in [0.1, 0.15) is 57.5 Å². The first kappa shape index (κ1) is 36.7. The maximum absolute atomic E-state index is 13.1. The van der Waals surface area contributed by atoms with E-state index in [0.717, 1.165) is 24.0 Å². The minimum atomic E-state index is -0.397. The molecular formula is C40H42N4O6. The highest BCUT2D eigenvalue weighted by molar-refractivity contribution is 6.06. The third-order valence-electron chi connectivity index (χ3n) is 7.59. The summed E-state index contributed by atoms with van der Waals surface area (Å²) in [6, 6.07) is 31.7. The fraction of sp³-hybridized carbons (Fsp3) is 0.200. The molecule has 0 aliphatic carbocycles. The van der Waals surface area contributed by atoms with Crippen molar-refractivity contribution in [3.8, 4) is 11.5 Å². The molecule has 0 fully saturated rings. The Balaban J connectivity index is 1.25. The molecule has 0 aliphatic rings. The van der Waals surface area contributed by atoms with E-state index in [9.17, 15) is 19.2 Å². The molecule has 0 atom stereocenters. The fourth-order valence-corrected chi connectivity index (χ4v) is 4.82. The summed E-state index contributed by atoms with van der Waals surface area (Å²) in [6.45, 7) is 0.819. The third-order valence-corrected chi connectivity index (χ3v) is 7.59. The summed E-state index contributed by atoms with van der Waals surface area (Å²) in [7, 11) is 3.15. The Morgan fingerprint density at radius 2 is 0.860 bits per heavy atom. The number of unbranched alkanes of at least 4 members (excludes halogenated alkanes) is 3. The van der Waals surface area contributed by atoms with Gasteiger partial charge in [0.2, 0.25) is 0 Å². The lowest BCUT2D eigenvalue weighted by atomic mass is 10.1. The minimum Gasteiger partial charge on any atom is -0.497 e. The van der Waals surface area contributed by atoms with Gasteiger partial charge in [0.05, 0.1) is 14.2 Å². The highest BCUT2D eigenvalue weighted by atomic mass is 16.5. The number of carbonyl (C=O) groups is 4. The summed E-state index contributed by atoms with van der Waals surface area (Å²) in [5.74, 6) is -0.201. The van der Waals surface area contributed by atoms with E-state index in [1.165, 1.54) is 0 Å². The summed E-state index contributed by atoms with van der Waals surface area (Å²) in [5.41, 5.74) is 2.60. The molecule has 4 aromatic carbocycles. The van der Waals surface area contributed by atoms with E-state index in [1.54, 1.807) is 123 Å². The smallest absolute Gasteiger partial charge is 0.267 e. The Hall–Kier alpha value is -6.16.